The highest BCUT2D eigenvalue weighted by Gasteiger charge is 2.19. The van der Waals surface area contributed by atoms with Gasteiger partial charge in [0.15, 0.2) is 0 Å². The fraction of sp³-hybridized carbons (Fsp3) is 0.111. The van der Waals surface area contributed by atoms with Crippen LogP contribution in [0.15, 0.2) is 54.6 Å². The molecule has 5 nitrogen and oxygen atoms in total. The SMILES string of the molecule is COc1ccc(-c2cc([N+](=O)[O-])sc2-c2ccc(OC)cc2)cc1. The predicted octanol–water partition coefficient (Wildman–Crippen LogP) is 5.01. The molecular weight excluding hydrogens is 326 g/mol. The molecule has 0 aliphatic carbocycles. The van der Waals surface area contributed by atoms with Crippen molar-refractivity contribution in [1.29, 1.82) is 0 Å². The van der Waals surface area contributed by atoms with Crippen LogP contribution >= 0.6 is 11.3 Å². The molecule has 0 aliphatic heterocycles. The van der Waals surface area contributed by atoms with E-state index in [1.54, 1.807) is 20.3 Å². The van der Waals surface area contributed by atoms with E-state index in [9.17, 15) is 10.1 Å². The summed E-state index contributed by atoms with van der Waals surface area (Å²) in [7, 11) is 3.21. The van der Waals surface area contributed by atoms with Crippen LogP contribution in [0.1, 0.15) is 0 Å². The largest absolute Gasteiger partial charge is 0.497 e. The average molecular weight is 341 g/mol. The highest BCUT2D eigenvalue weighted by molar-refractivity contribution is 7.19. The first-order valence-corrected chi connectivity index (χ1v) is 8.01. The van der Waals surface area contributed by atoms with Crippen LogP contribution in [-0.4, -0.2) is 19.1 Å². The van der Waals surface area contributed by atoms with E-state index in [4.69, 9.17) is 9.47 Å². The quantitative estimate of drug-likeness (QED) is 0.483. The van der Waals surface area contributed by atoms with E-state index in [0.29, 0.717) is 0 Å². The lowest BCUT2D eigenvalue weighted by molar-refractivity contribution is -0.380. The summed E-state index contributed by atoms with van der Waals surface area (Å²) in [5.74, 6) is 1.49. The minimum Gasteiger partial charge on any atom is -0.497 e. The first-order valence-electron chi connectivity index (χ1n) is 7.19. The van der Waals surface area contributed by atoms with Gasteiger partial charge in [-0.15, -0.1) is 0 Å². The van der Waals surface area contributed by atoms with Crippen molar-refractivity contribution < 1.29 is 14.4 Å². The Kier molecular flexibility index (Phi) is 4.48. The molecule has 122 valence electrons. The highest BCUT2D eigenvalue weighted by Crippen LogP contribution is 2.43. The van der Waals surface area contributed by atoms with Crippen molar-refractivity contribution in [3.05, 3.63) is 64.7 Å². The van der Waals surface area contributed by atoms with Crippen molar-refractivity contribution in [2.24, 2.45) is 0 Å². The van der Waals surface area contributed by atoms with Crippen molar-refractivity contribution in [1.82, 2.24) is 0 Å². The molecule has 0 saturated carbocycles. The lowest BCUT2D eigenvalue weighted by atomic mass is 10.0. The smallest absolute Gasteiger partial charge is 0.325 e. The molecule has 0 unspecified atom stereocenters. The first-order chi connectivity index (χ1) is 11.6. The molecule has 3 rings (SSSR count). The molecule has 2 aromatic carbocycles. The number of ether oxygens (including phenoxy) is 2. The molecule has 0 amide bonds. The molecule has 24 heavy (non-hydrogen) atoms. The Hall–Kier alpha value is -2.86. The molecule has 3 aromatic rings. The average Bonchev–Trinajstić information content (AvgIpc) is 3.07. The minimum absolute atomic E-state index is 0.117. The monoisotopic (exact) mass is 341 g/mol. The van der Waals surface area contributed by atoms with Gasteiger partial charge in [0, 0.05) is 16.5 Å². The van der Waals surface area contributed by atoms with Crippen LogP contribution in [0, 0.1) is 10.1 Å². The summed E-state index contributed by atoms with van der Waals surface area (Å²) >= 11 is 1.17. The summed E-state index contributed by atoms with van der Waals surface area (Å²) < 4.78 is 10.3. The summed E-state index contributed by atoms with van der Waals surface area (Å²) in [6.07, 6.45) is 0. The van der Waals surface area contributed by atoms with E-state index in [-0.39, 0.29) is 9.92 Å². The Morgan fingerprint density at radius 2 is 1.38 bits per heavy atom. The van der Waals surface area contributed by atoms with Crippen LogP contribution in [0.5, 0.6) is 11.5 Å². The van der Waals surface area contributed by atoms with Crippen LogP contribution in [0.3, 0.4) is 0 Å². The molecular formula is C18H15NO4S. The molecule has 1 heterocycles. The molecule has 0 saturated heterocycles. The third kappa shape index (κ3) is 3.09. The van der Waals surface area contributed by atoms with Gasteiger partial charge in [0.05, 0.1) is 19.1 Å². The Morgan fingerprint density at radius 3 is 1.83 bits per heavy atom. The van der Waals surface area contributed by atoms with E-state index in [1.807, 2.05) is 48.5 Å². The molecule has 0 bridgehead atoms. The molecule has 0 N–H and O–H groups in total. The Labute approximate surface area is 143 Å². The zero-order chi connectivity index (χ0) is 17.1. The second-order valence-corrected chi connectivity index (χ2v) is 6.07. The van der Waals surface area contributed by atoms with Crippen molar-refractivity contribution in [2.45, 2.75) is 0 Å². The molecule has 6 heteroatoms. The lowest BCUT2D eigenvalue weighted by Crippen LogP contribution is -1.84. The topological polar surface area (TPSA) is 61.6 Å². The van der Waals surface area contributed by atoms with Gasteiger partial charge in [0.1, 0.15) is 11.5 Å². The Balaban J connectivity index is 2.10. The number of benzene rings is 2. The third-order valence-electron chi connectivity index (χ3n) is 3.65. The number of thiophene rings is 1. The van der Waals surface area contributed by atoms with Crippen molar-refractivity contribution in [3.63, 3.8) is 0 Å². The van der Waals surface area contributed by atoms with Crippen LogP contribution < -0.4 is 9.47 Å². The fourth-order valence-electron chi connectivity index (χ4n) is 2.41. The predicted molar refractivity (Wildman–Crippen MR) is 94.9 cm³/mol. The minimum atomic E-state index is -0.356. The summed E-state index contributed by atoms with van der Waals surface area (Å²) in [5, 5.41) is 11.3. The maximum Gasteiger partial charge on any atom is 0.325 e. The van der Waals surface area contributed by atoms with Crippen molar-refractivity contribution >= 4 is 16.3 Å². The lowest BCUT2D eigenvalue weighted by Gasteiger charge is -2.06. The van der Waals surface area contributed by atoms with E-state index in [1.165, 1.54) is 11.3 Å². The van der Waals surface area contributed by atoms with Crippen molar-refractivity contribution in [3.8, 4) is 33.1 Å². The molecule has 0 fully saturated rings. The standard InChI is InChI=1S/C18H15NO4S/c1-22-14-7-3-12(4-8-14)16-11-17(19(20)21)24-18(16)13-5-9-15(23-2)10-6-13/h3-11H,1-2H3. The van der Waals surface area contributed by atoms with Crippen LogP contribution in [0.2, 0.25) is 0 Å². The number of nitrogens with zero attached hydrogens (tertiary/aromatic N) is 1. The van der Waals surface area contributed by atoms with Crippen molar-refractivity contribution in [2.75, 3.05) is 14.2 Å². The zero-order valence-electron chi connectivity index (χ0n) is 13.2. The van der Waals surface area contributed by atoms with E-state index in [2.05, 4.69) is 0 Å². The van der Waals surface area contributed by atoms with E-state index >= 15 is 0 Å². The molecule has 0 aliphatic rings. The van der Waals surface area contributed by atoms with Crippen LogP contribution in [0.4, 0.5) is 5.00 Å². The maximum absolute atomic E-state index is 11.2. The Morgan fingerprint density at radius 1 is 0.875 bits per heavy atom. The van der Waals surface area contributed by atoms with Crippen LogP contribution in [0.25, 0.3) is 21.6 Å². The van der Waals surface area contributed by atoms with Gasteiger partial charge in [-0.25, -0.2) is 0 Å². The summed E-state index contributed by atoms with van der Waals surface area (Å²) in [4.78, 5) is 11.7. The summed E-state index contributed by atoms with van der Waals surface area (Å²) in [6, 6.07) is 16.6. The van der Waals surface area contributed by atoms with Gasteiger partial charge in [-0.3, -0.25) is 10.1 Å². The van der Waals surface area contributed by atoms with Crippen LogP contribution in [-0.2, 0) is 0 Å². The van der Waals surface area contributed by atoms with E-state index in [0.717, 1.165) is 33.1 Å². The van der Waals surface area contributed by atoms with Gasteiger partial charge in [-0.2, -0.15) is 0 Å². The zero-order valence-corrected chi connectivity index (χ0v) is 14.0. The fourth-order valence-corrected chi connectivity index (χ4v) is 3.41. The number of rotatable bonds is 5. The molecule has 0 radical (unpaired) electrons. The van der Waals surface area contributed by atoms with Gasteiger partial charge >= 0.3 is 5.00 Å². The van der Waals surface area contributed by atoms with E-state index < -0.39 is 0 Å². The second kappa shape index (κ2) is 6.72. The summed E-state index contributed by atoms with van der Waals surface area (Å²) in [6.45, 7) is 0. The van der Waals surface area contributed by atoms with Gasteiger partial charge in [-0.1, -0.05) is 23.5 Å². The molecule has 0 atom stereocenters. The Bertz CT molecular complexity index is 789. The second-order valence-electron chi connectivity index (χ2n) is 5.04. The third-order valence-corrected chi connectivity index (χ3v) is 4.79. The number of hydrogen-bond acceptors (Lipinski definition) is 5. The first kappa shape index (κ1) is 16.0. The molecule has 0 spiro atoms. The van der Waals surface area contributed by atoms with Gasteiger partial charge in [0.2, 0.25) is 0 Å². The normalized spacial score (nSPS) is 10.4. The van der Waals surface area contributed by atoms with Gasteiger partial charge < -0.3 is 9.47 Å². The number of nitro groups is 1. The summed E-state index contributed by atoms with van der Waals surface area (Å²) in [5.41, 5.74) is 2.66. The van der Waals surface area contributed by atoms with Gasteiger partial charge in [0.25, 0.3) is 0 Å². The number of hydrogen-bond donors (Lipinski definition) is 0. The molecule has 1 aromatic heterocycles. The van der Waals surface area contributed by atoms with Gasteiger partial charge in [-0.05, 0) is 47.5 Å². The maximum atomic E-state index is 11.2. The number of methoxy groups -OCH3 is 2. The highest BCUT2D eigenvalue weighted by atomic mass is 32.1.